The second-order valence-corrected chi connectivity index (χ2v) is 8.69. The van der Waals surface area contributed by atoms with Crippen LogP contribution in [0.2, 0.25) is 5.02 Å². The second-order valence-electron chi connectivity index (χ2n) is 4.01. The van der Waals surface area contributed by atoms with Gasteiger partial charge in [0.1, 0.15) is 0 Å². The van der Waals surface area contributed by atoms with Gasteiger partial charge in [0.2, 0.25) is 10.0 Å². The molecule has 0 spiro atoms. The number of rotatable bonds is 2. The molecule has 0 aromatic heterocycles. The first-order valence-corrected chi connectivity index (χ1v) is 8.91. The molecule has 1 heterocycles. The Morgan fingerprint density at radius 2 is 1.78 bits per heavy atom. The molecule has 100 valence electrons. The van der Waals surface area contributed by atoms with E-state index in [-0.39, 0.29) is 29.5 Å². The van der Waals surface area contributed by atoms with E-state index in [9.17, 15) is 16.8 Å². The predicted octanol–water partition coefficient (Wildman–Crippen LogP) is 0.759. The van der Waals surface area contributed by atoms with E-state index in [1.807, 2.05) is 0 Å². The number of sulfone groups is 1. The van der Waals surface area contributed by atoms with Crippen LogP contribution >= 0.6 is 11.6 Å². The van der Waals surface area contributed by atoms with Gasteiger partial charge in [0.25, 0.3) is 0 Å². The van der Waals surface area contributed by atoms with Crippen LogP contribution in [0.4, 0.5) is 0 Å². The van der Waals surface area contributed by atoms with Crippen LogP contribution in [0.3, 0.4) is 0 Å². The monoisotopic (exact) mass is 309 g/mol. The van der Waals surface area contributed by atoms with Crippen molar-refractivity contribution < 1.29 is 16.8 Å². The second kappa shape index (κ2) is 4.80. The fourth-order valence-corrected chi connectivity index (χ4v) is 4.89. The van der Waals surface area contributed by atoms with E-state index in [4.69, 9.17) is 11.6 Å². The largest absolute Gasteiger partial charge is 0.243 e. The van der Waals surface area contributed by atoms with Crippen molar-refractivity contribution in [2.45, 2.75) is 4.90 Å². The molecule has 0 atom stereocenters. The van der Waals surface area contributed by atoms with E-state index in [0.717, 1.165) is 0 Å². The van der Waals surface area contributed by atoms with Crippen LogP contribution in [0.1, 0.15) is 0 Å². The third kappa shape index (κ3) is 2.85. The number of sulfonamides is 1. The van der Waals surface area contributed by atoms with Gasteiger partial charge in [-0.15, -0.1) is 0 Å². The molecule has 0 saturated carbocycles. The first kappa shape index (κ1) is 13.8. The maximum absolute atomic E-state index is 12.2. The van der Waals surface area contributed by atoms with E-state index in [1.54, 1.807) is 12.1 Å². The van der Waals surface area contributed by atoms with Gasteiger partial charge < -0.3 is 0 Å². The lowest BCUT2D eigenvalue weighted by atomic mass is 10.4. The Bertz CT molecular complexity index is 640. The van der Waals surface area contributed by atoms with Crippen molar-refractivity contribution in [3.63, 3.8) is 0 Å². The molecule has 1 fully saturated rings. The zero-order valence-corrected chi connectivity index (χ0v) is 11.8. The van der Waals surface area contributed by atoms with Gasteiger partial charge in [0.05, 0.1) is 16.4 Å². The lowest BCUT2D eigenvalue weighted by Crippen LogP contribution is -2.43. The highest BCUT2D eigenvalue weighted by Gasteiger charge is 2.31. The highest BCUT2D eigenvalue weighted by atomic mass is 35.5. The molecule has 5 nitrogen and oxygen atoms in total. The summed E-state index contributed by atoms with van der Waals surface area (Å²) in [5, 5.41) is 0.334. The van der Waals surface area contributed by atoms with Gasteiger partial charge in [-0.05, 0) is 18.2 Å². The van der Waals surface area contributed by atoms with Gasteiger partial charge >= 0.3 is 0 Å². The zero-order valence-electron chi connectivity index (χ0n) is 9.41. The molecular formula is C10H12ClNO4S2. The first-order chi connectivity index (χ1) is 8.31. The summed E-state index contributed by atoms with van der Waals surface area (Å²) in [7, 11) is -6.75. The third-order valence-electron chi connectivity index (χ3n) is 2.74. The Labute approximate surface area is 111 Å². The summed E-state index contributed by atoms with van der Waals surface area (Å²) in [5.74, 6) is -0.264. The SMILES string of the molecule is O=S1(=O)CCN(S(=O)(=O)c2cccc(Cl)c2)CC1. The van der Waals surface area contributed by atoms with Gasteiger partial charge in [-0.25, -0.2) is 16.8 Å². The average molecular weight is 310 g/mol. The number of nitrogens with zero attached hydrogens (tertiary/aromatic N) is 1. The lowest BCUT2D eigenvalue weighted by Gasteiger charge is -2.25. The third-order valence-corrected chi connectivity index (χ3v) is 6.48. The normalized spacial score (nSPS) is 20.7. The highest BCUT2D eigenvalue weighted by molar-refractivity contribution is 7.92. The molecular weight excluding hydrogens is 298 g/mol. The van der Waals surface area contributed by atoms with Crippen molar-refractivity contribution in [1.82, 2.24) is 4.31 Å². The molecule has 1 aromatic carbocycles. The van der Waals surface area contributed by atoms with Gasteiger partial charge in [-0.3, -0.25) is 0 Å². The smallest absolute Gasteiger partial charge is 0.229 e. The Morgan fingerprint density at radius 3 is 2.33 bits per heavy atom. The van der Waals surface area contributed by atoms with Crippen LogP contribution in [0, 0.1) is 0 Å². The molecule has 0 amide bonds. The summed E-state index contributed by atoms with van der Waals surface area (Å²) in [6, 6.07) is 5.95. The fourth-order valence-electron chi connectivity index (χ4n) is 1.71. The Hall–Kier alpha value is -0.630. The van der Waals surface area contributed by atoms with Crippen LogP contribution in [0.5, 0.6) is 0 Å². The quantitative estimate of drug-likeness (QED) is 0.808. The molecule has 0 bridgehead atoms. The van der Waals surface area contributed by atoms with Crippen LogP contribution in [0.15, 0.2) is 29.2 Å². The zero-order chi connectivity index (χ0) is 13.4. The molecule has 1 saturated heterocycles. The van der Waals surface area contributed by atoms with E-state index in [0.29, 0.717) is 5.02 Å². The van der Waals surface area contributed by atoms with Crippen LogP contribution in [-0.2, 0) is 19.9 Å². The van der Waals surface area contributed by atoms with Gasteiger partial charge in [-0.1, -0.05) is 17.7 Å². The van der Waals surface area contributed by atoms with Crippen molar-refractivity contribution in [3.05, 3.63) is 29.3 Å². The maximum atomic E-state index is 12.2. The Kier molecular flexibility index (Phi) is 3.68. The van der Waals surface area contributed by atoms with E-state index in [1.165, 1.54) is 16.4 Å². The van der Waals surface area contributed by atoms with Crippen molar-refractivity contribution in [2.24, 2.45) is 0 Å². The number of halogens is 1. The summed E-state index contributed by atoms with van der Waals surface area (Å²) >= 11 is 5.76. The Morgan fingerprint density at radius 1 is 1.17 bits per heavy atom. The van der Waals surface area contributed by atoms with Crippen molar-refractivity contribution in [3.8, 4) is 0 Å². The summed E-state index contributed by atoms with van der Waals surface area (Å²) in [5.41, 5.74) is 0. The molecule has 0 radical (unpaired) electrons. The number of hydrogen-bond acceptors (Lipinski definition) is 4. The minimum atomic E-state index is -3.65. The van der Waals surface area contributed by atoms with Gasteiger partial charge in [-0.2, -0.15) is 4.31 Å². The molecule has 1 aliphatic rings. The standard InChI is InChI=1S/C10H12ClNO4S2/c11-9-2-1-3-10(8-9)18(15,16)12-4-6-17(13,14)7-5-12/h1-3,8H,4-7H2. The topological polar surface area (TPSA) is 71.5 Å². The van der Waals surface area contributed by atoms with E-state index in [2.05, 4.69) is 0 Å². The van der Waals surface area contributed by atoms with Crippen molar-refractivity contribution in [2.75, 3.05) is 24.6 Å². The highest BCUT2D eigenvalue weighted by Crippen LogP contribution is 2.21. The van der Waals surface area contributed by atoms with Crippen LogP contribution in [0.25, 0.3) is 0 Å². The summed E-state index contributed by atoms with van der Waals surface area (Å²) < 4.78 is 48.2. The summed E-state index contributed by atoms with van der Waals surface area (Å²) in [4.78, 5) is 0.0919. The minimum Gasteiger partial charge on any atom is -0.229 e. The average Bonchev–Trinajstić information content (AvgIpc) is 2.28. The molecule has 0 unspecified atom stereocenters. The fraction of sp³-hybridized carbons (Fsp3) is 0.400. The van der Waals surface area contributed by atoms with Crippen LogP contribution < -0.4 is 0 Å². The predicted molar refractivity (Wildman–Crippen MR) is 68.9 cm³/mol. The van der Waals surface area contributed by atoms with Gasteiger partial charge in [0.15, 0.2) is 9.84 Å². The van der Waals surface area contributed by atoms with Crippen molar-refractivity contribution in [1.29, 1.82) is 0 Å². The molecule has 1 aliphatic heterocycles. The molecule has 8 heteroatoms. The summed E-state index contributed by atoms with van der Waals surface area (Å²) in [6.45, 7) is -0.00560. The van der Waals surface area contributed by atoms with E-state index >= 15 is 0 Å². The van der Waals surface area contributed by atoms with Crippen molar-refractivity contribution >= 4 is 31.5 Å². The minimum absolute atomic E-state index is 0.00280. The molecule has 2 rings (SSSR count). The van der Waals surface area contributed by atoms with Crippen LogP contribution in [-0.4, -0.2) is 45.7 Å². The molecule has 0 N–H and O–H groups in total. The van der Waals surface area contributed by atoms with Gasteiger partial charge in [0, 0.05) is 18.1 Å². The molecule has 0 aliphatic carbocycles. The lowest BCUT2D eigenvalue weighted by molar-refractivity contribution is 0.431. The molecule has 1 aromatic rings. The first-order valence-electron chi connectivity index (χ1n) is 5.27. The van der Waals surface area contributed by atoms with E-state index < -0.39 is 19.9 Å². The maximum Gasteiger partial charge on any atom is 0.243 e. The number of hydrogen-bond donors (Lipinski definition) is 0. The molecule has 18 heavy (non-hydrogen) atoms. The summed E-state index contributed by atoms with van der Waals surface area (Å²) in [6.07, 6.45) is 0. The number of benzene rings is 1. The Balaban J connectivity index is 2.28.